The minimum atomic E-state index is -0.468. The van der Waals surface area contributed by atoms with E-state index in [2.05, 4.69) is 32.5 Å². The van der Waals surface area contributed by atoms with Crippen LogP contribution >= 0.6 is 0 Å². The summed E-state index contributed by atoms with van der Waals surface area (Å²) in [6.45, 7) is 1.32. The summed E-state index contributed by atoms with van der Waals surface area (Å²) in [5.74, 6) is 0.0798. The molecule has 1 aliphatic carbocycles. The van der Waals surface area contributed by atoms with E-state index < -0.39 is 11.8 Å². The lowest BCUT2D eigenvalue weighted by atomic mass is 9.75. The van der Waals surface area contributed by atoms with Crippen molar-refractivity contribution in [2.45, 2.75) is 31.3 Å². The minimum Gasteiger partial charge on any atom is -0.330 e. The van der Waals surface area contributed by atoms with Gasteiger partial charge in [0.05, 0.1) is 24.6 Å². The zero-order valence-electron chi connectivity index (χ0n) is 16.3. The van der Waals surface area contributed by atoms with Crippen molar-refractivity contribution < 1.29 is 9.59 Å². The van der Waals surface area contributed by atoms with Crippen LogP contribution in [0.15, 0.2) is 54.9 Å². The summed E-state index contributed by atoms with van der Waals surface area (Å²) in [7, 11) is 0. The van der Waals surface area contributed by atoms with Gasteiger partial charge in [0.2, 0.25) is 0 Å². The van der Waals surface area contributed by atoms with E-state index in [9.17, 15) is 9.59 Å². The maximum absolute atomic E-state index is 12.7. The summed E-state index contributed by atoms with van der Waals surface area (Å²) in [4.78, 5) is 30.0. The smallest absolute Gasteiger partial charge is 0.312 e. The summed E-state index contributed by atoms with van der Waals surface area (Å²) in [5, 5.41) is 16.2. The molecule has 30 heavy (non-hydrogen) atoms. The molecular weight excluding hydrogens is 382 g/mol. The fourth-order valence-corrected chi connectivity index (χ4v) is 4.10. The van der Waals surface area contributed by atoms with Crippen molar-refractivity contribution in [3.63, 3.8) is 0 Å². The summed E-state index contributed by atoms with van der Waals surface area (Å²) in [6, 6.07) is 14.0. The molecule has 3 aromatic rings. The Hall–Kier alpha value is -3.62. The fraction of sp³-hybridized carbons (Fsp3) is 0.333. The van der Waals surface area contributed by atoms with Crippen molar-refractivity contribution in [2.24, 2.45) is 0 Å². The van der Waals surface area contributed by atoms with Crippen LogP contribution in [0.25, 0.3) is 5.82 Å². The van der Waals surface area contributed by atoms with Gasteiger partial charge in [-0.15, -0.1) is 9.90 Å². The fourth-order valence-electron chi connectivity index (χ4n) is 4.10. The molecule has 2 amide bonds. The molecule has 0 atom stereocenters. The van der Waals surface area contributed by atoms with Gasteiger partial charge < -0.3 is 9.80 Å². The summed E-state index contributed by atoms with van der Waals surface area (Å²) >= 11 is 0. The van der Waals surface area contributed by atoms with Crippen LogP contribution in [0.3, 0.4) is 0 Å². The molecular formula is C21H21N7O2. The normalized spacial score (nSPS) is 21.6. The van der Waals surface area contributed by atoms with E-state index in [1.165, 1.54) is 10.4 Å². The Morgan fingerprint density at radius 3 is 2.33 bits per heavy atom. The quantitative estimate of drug-likeness (QED) is 0.594. The van der Waals surface area contributed by atoms with Gasteiger partial charge in [-0.25, -0.2) is 0 Å². The van der Waals surface area contributed by atoms with Crippen molar-refractivity contribution >= 4 is 11.8 Å². The number of hydrogen-bond donors (Lipinski definition) is 0. The van der Waals surface area contributed by atoms with Crippen molar-refractivity contribution in [3.05, 3.63) is 66.1 Å². The van der Waals surface area contributed by atoms with Gasteiger partial charge in [-0.3, -0.25) is 9.59 Å². The molecule has 0 N–H and O–H groups in total. The second-order valence-corrected chi connectivity index (χ2v) is 7.66. The number of carbonyl (C=O) groups excluding carboxylic acids is 2. The molecule has 152 valence electrons. The van der Waals surface area contributed by atoms with Crippen LogP contribution in [-0.2, 0) is 16.1 Å². The van der Waals surface area contributed by atoms with Gasteiger partial charge in [-0.2, -0.15) is 15.3 Å². The second kappa shape index (κ2) is 7.66. The number of amides is 2. The van der Waals surface area contributed by atoms with Crippen molar-refractivity contribution in [1.82, 2.24) is 35.0 Å². The molecule has 5 rings (SSSR count). The Balaban J connectivity index is 1.18. The molecule has 9 nitrogen and oxygen atoms in total. The third kappa shape index (κ3) is 3.42. The maximum atomic E-state index is 12.7. The number of piperazine rings is 1. The van der Waals surface area contributed by atoms with Gasteiger partial charge in [0.1, 0.15) is 0 Å². The SMILES string of the molecule is O=C1C(=O)N(C2CC(c3ccccc3)C2)CCN1Cc1ccc(-n2nccn2)nn1. The van der Waals surface area contributed by atoms with Crippen LogP contribution in [0, 0.1) is 0 Å². The van der Waals surface area contributed by atoms with Crippen LogP contribution < -0.4 is 0 Å². The lowest BCUT2D eigenvalue weighted by molar-refractivity contribution is -0.159. The van der Waals surface area contributed by atoms with Gasteiger partial charge in [-0.05, 0) is 36.5 Å². The van der Waals surface area contributed by atoms with Gasteiger partial charge in [-0.1, -0.05) is 30.3 Å². The Labute approximate surface area is 173 Å². The highest BCUT2D eigenvalue weighted by atomic mass is 16.2. The Morgan fingerprint density at radius 2 is 1.63 bits per heavy atom. The van der Waals surface area contributed by atoms with Crippen LogP contribution in [0.5, 0.6) is 0 Å². The molecule has 2 fully saturated rings. The van der Waals surface area contributed by atoms with Crippen molar-refractivity contribution in [3.8, 4) is 5.82 Å². The molecule has 0 unspecified atom stereocenters. The summed E-state index contributed by atoms with van der Waals surface area (Å²) in [5.41, 5.74) is 1.92. The average Bonchev–Trinajstić information content (AvgIpc) is 3.28. The minimum absolute atomic E-state index is 0.148. The molecule has 0 spiro atoms. The highest BCUT2D eigenvalue weighted by molar-refractivity contribution is 6.35. The molecule has 1 saturated carbocycles. The largest absolute Gasteiger partial charge is 0.330 e. The highest BCUT2D eigenvalue weighted by Gasteiger charge is 2.42. The van der Waals surface area contributed by atoms with Crippen LogP contribution in [0.2, 0.25) is 0 Å². The Kier molecular flexibility index (Phi) is 4.70. The zero-order chi connectivity index (χ0) is 20.5. The lowest BCUT2D eigenvalue weighted by Gasteiger charge is -2.45. The van der Waals surface area contributed by atoms with Crippen molar-refractivity contribution in [2.75, 3.05) is 13.1 Å². The van der Waals surface area contributed by atoms with Crippen LogP contribution in [0.1, 0.15) is 30.0 Å². The Bertz CT molecular complexity index is 1030. The summed E-state index contributed by atoms with van der Waals surface area (Å²) in [6.07, 6.45) is 4.95. The first-order valence-corrected chi connectivity index (χ1v) is 10.0. The predicted octanol–water partition coefficient (Wildman–Crippen LogP) is 1.17. The maximum Gasteiger partial charge on any atom is 0.312 e. The second-order valence-electron chi connectivity index (χ2n) is 7.66. The molecule has 3 heterocycles. The topological polar surface area (TPSA) is 97.1 Å². The molecule has 0 radical (unpaired) electrons. The molecule has 0 bridgehead atoms. The van der Waals surface area contributed by atoms with Crippen molar-refractivity contribution in [1.29, 1.82) is 0 Å². The number of nitrogens with zero attached hydrogens (tertiary/aromatic N) is 7. The first-order chi connectivity index (χ1) is 14.7. The number of rotatable bonds is 5. The zero-order valence-corrected chi connectivity index (χ0v) is 16.3. The monoisotopic (exact) mass is 403 g/mol. The van der Waals surface area contributed by atoms with E-state index in [0.717, 1.165) is 12.8 Å². The molecule has 1 saturated heterocycles. The number of hydrogen-bond acceptors (Lipinski definition) is 6. The molecule has 2 aromatic heterocycles. The first kappa shape index (κ1) is 18.4. The van der Waals surface area contributed by atoms with Gasteiger partial charge in [0.25, 0.3) is 0 Å². The van der Waals surface area contributed by atoms with E-state index in [1.54, 1.807) is 34.3 Å². The predicted molar refractivity (Wildman–Crippen MR) is 106 cm³/mol. The standard InChI is InChI=1S/C21H21N7O2/c29-20-21(30)27(18-12-16(13-18)15-4-2-1-3-5-15)11-10-26(20)14-17-6-7-19(25-24-17)28-22-8-9-23-28/h1-9,16,18H,10-14H2. The molecule has 1 aliphatic heterocycles. The number of benzene rings is 1. The molecule has 2 aliphatic rings. The average molecular weight is 403 g/mol. The van der Waals surface area contributed by atoms with Gasteiger partial charge in [0, 0.05) is 19.1 Å². The molecule has 1 aromatic carbocycles. The lowest BCUT2D eigenvalue weighted by Crippen LogP contribution is -2.59. The highest BCUT2D eigenvalue weighted by Crippen LogP contribution is 2.40. The number of carbonyl (C=O) groups is 2. The van der Waals surface area contributed by atoms with E-state index in [4.69, 9.17) is 0 Å². The van der Waals surface area contributed by atoms with E-state index in [0.29, 0.717) is 30.5 Å². The van der Waals surface area contributed by atoms with Gasteiger partial charge >= 0.3 is 11.8 Å². The molecule has 9 heteroatoms. The van der Waals surface area contributed by atoms with E-state index in [-0.39, 0.29) is 12.6 Å². The van der Waals surface area contributed by atoms with Crippen LogP contribution in [0.4, 0.5) is 0 Å². The Morgan fingerprint density at radius 1 is 0.867 bits per heavy atom. The van der Waals surface area contributed by atoms with Gasteiger partial charge in [0.15, 0.2) is 5.82 Å². The van der Waals surface area contributed by atoms with E-state index in [1.807, 2.05) is 18.2 Å². The summed E-state index contributed by atoms with van der Waals surface area (Å²) < 4.78 is 0. The van der Waals surface area contributed by atoms with Crippen LogP contribution in [-0.4, -0.2) is 65.9 Å². The number of aromatic nitrogens is 5. The third-order valence-corrected chi connectivity index (χ3v) is 5.85. The third-order valence-electron chi connectivity index (χ3n) is 5.85. The first-order valence-electron chi connectivity index (χ1n) is 10.0. The van der Waals surface area contributed by atoms with E-state index >= 15 is 0 Å².